The Bertz CT molecular complexity index is 701. The average Bonchev–Trinajstić information content (AvgIpc) is 2.48. The fourth-order valence-corrected chi connectivity index (χ4v) is 2.06. The predicted octanol–water partition coefficient (Wildman–Crippen LogP) is 2.85. The molecule has 0 aliphatic heterocycles. The van der Waals surface area contributed by atoms with Gasteiger partial charge in [-0.25, -0.2) is 4.39 Å². The van der Waals surface area contributed by atoms with Gasteiger partial charge in [0.05, 0.1) is 12.5 Å². The van der Waals surface area contributed by atoms with Crippen LogP contribution in [0.5, 0.6) is 0 Å². The number of carbonyl (C=O) groups is 2. The molecule has 0 radical (unpaired) electrons. The number of anilines is 2. The maximum absolute atomic E-state index is 13.1. The fourth-order valence-electron chi connectivity index (χ4n) is 2.06. The van der Waals surface area contributed by atoms with Gasteiger partial charge in [0.2, 0.25) is 11.8 Å². The van der Waals surface area contributed by atoms with Crippen LogP contribution in [0.1, 0.15) is 25.0 Å². The zero-order valence-electron chi connectivity index (χ0n) is 12.5. The van der Waals surface area contributed by atoms with Gasteiger partial charge >= 0.3 is 0 Å². The van der Waals surface area contributed by atoms with E-state index < -0.39 is 17.8 Å². The van der Waals surface area contributed by atoms with Crippen LogP contribution in [0.2, 0.25) is 0 Å². The maximum Gasteiger partial charge on any atom is 0.227 e. The van der Waals surface area contributed by atoms with Gasteiger partial charge in [-0.05, 0) is 42.0 Å². The first-order valence-electron chi connectivity index (χ1n) is 7.05. The predicted molar refractivity (Wildman–Crippen MR) is 85.4 cm³/mol. The smallest absolute Gasteiger partial charge is 0.227 e. The Labute approximate surface area is 133 Å². The van der Waals surface area contributed by atoms with E-state index in [0.29, 0.717) is 16.9 Å². The molecule has 0 saturated carbocycles. The van der Waals surface area contributed by atoms with E-state index in [0.717, 1.165) is 0 Å². The van der Waals surface area contributed by atoms with Gasteiger partial charge in [-0.1, -0.05) is 12.1 Å². The molecule has 0 saturated heterocycles. The Morgan fingerprint density at radius 1 is 1.09 bits per heavy atom. The van der Waals surface area contributed by atoms with Crippen LogP contribution in [-0.4, -0.2) is 16.9 Å². The molecule has 2 amide bonds. The van der Waals surface area contributed by atoms with Crippen molar-refractivity contribution >= 4 is 23.2 Å². The monoisotopic (exact) mass is 316 g/mol. The maximum atomic E-state index is 13.1. The second-order valence-electron chi connectivity index (χ2n) is 5.08. The molecule has 0 bridgehead atoms. The SMILES string of the molecule is CC(=O)Nc1ccc(NC(=O)CC(O)c2cccc(F)c2)cc1. The van der Waals surface area contributed by atoms with Crippen LogP contribution in [0.15, 0.2) is 48.5 Å². The van der Waals surface area contributed by atoms with Crippen LogP contribution in [-0.2, 0) is 9.59 Å². The molecule has 6 heteroatoms. The highest BCUT2D eigenvalue weighted by molar-refractivity contribution is 5.92. The Balaban J connectivity index is 1.92. The second kappa shape index (κ2) is 7.51. The minimum Gasteiger partial charge on any atom is -0.388 e. The standard InChI is InChI=1S/C17H17FN2O3/c1-11(21)19-14-5-7-15(8-6-14)20-17(23)10-16(22)12-3-2-4-13(18)9-12/h2-9,16,22H,10H2,1H3,(H,19,21)(H,20,23). The number of nitrogens with one attached hydrogen (secondary N) is 2. The summed E-state index contributed by atoms with van der Waals surface area (Å²) in [6, 6.07) is 12.1. The zero-order valence-corrected chi connectivity index (χ0v) is 12.5. The van der Waals surface area contributed by atoms with Gasteiger partial charge in [-0.2, -0.15) is 0 Å². The van der Waals surface area contributed by atoms with Gasteiger partial charge in [0.1, 0.15) is 5.82 Å². The van der Waals surface area contributed by atoms with E-state index in [1.807, 2.05) is 0 Å². The Morgan fingerprint density at radius 2 is 1.70 bits per heavy atom. The number of hydrogen-bond acceptors (Lipinski definition) is 3. The van der Waals surface area contributed by atoms with Crippen molar-refractivity contribution in [3.63, 3.8) is 0 Å². The molecule has 120 valence electrons. The van der Waals surface area contributed by atoms with Crippen molar-refractivity contribution in [1.29, 1.82) is 0 Å². The molecule has 2 aromatic rings. The van der Waals surface area contributed by atoms with Crippen LogP contribution in [0.25, 0.3) is 0 Å². The number of halogens is 1. The number of carbonyl (C=O) groups excluding carboxylic acids is 2. The number of aliphatic hydroxyl groups is 1. The highest BCUT2D eigenvalue weighted by atomic mass is 19.1. The third-order valence-electron chi connectivity index (χ3n) is 3.10. The van der Waals surface area contributed by atoms with Gasteiger partial charge in [0, 0.05) is 18.3 Å². The molecular formula is C17H17FN2O3. The van der Waals surface area contributed by atoms with Gasteiger partial charge in [-0.15, -0.1) is 0 Å². The molecule has 2 aromatic carbocycles. The van der Waals surface area contributed by atoms with Crippen molar-refractivity contribution in [3.8, 4) is 0 Å². The fraction of sp³-hybridized carbons (Fsp3) is 0.176. The quantitative estimate of drug-likeness (QED) is 0.793. The van der Waals surface area contributed by atoms with Crippen molar-refractivity contribution in [3.05, 3.63) is 59.9 Å². The van der Waals surface area contributed by atoms with Gasteiger partial charge in [0.25, 0.3) is 0 Å². The molecule has 0 aromatic heterocycles. The van der Waals surface area contributed by atoms with Crippen molar-refractivity contribution < 1.29 is 19.1 Å². The largest absolute Gasteiger partial charge is 0.388 e. The number of rotatable bonds is 5. The Morgan fingerprint density at radius 3 is 2.26 bits per heavy atom. The van der Waals surface area contributed by atoms with E-state index >= 15 is 0 Å². The van der Waals surface area contributed by atoms with E-state index in [1.165, 1.54) is 25.1 Å². The molecule has 1 unspecified atom stereocenters. The molecule has 0 heterocycles. The Hall–Kier alpha value is -2.73. The van der Waals surface area contributed by atoms with Gasteiger partial charge in [-0.3, -0.25) is 9.59 Å². The van der Waals surface area contributed by atoms with E-state index in [2.05, 4.69) is 10.6 Å². The molecule has 2 rings (SSSR count). The lowest BCUT2D eigenvalue weighted by Crippen LogP contribution is -2.15. The summed E-state index contributed by atoms with van der Waals surface area (Å²) in [6.45, 7) is 1.41. The van der Waals surface area contributed by atoms with Crippen LogP contribution in [0, 0.1) is 5.82 Å². The molecule has 0 spiro atoms. The van der Waals surface area contributed by atoms with E-state index in [9.17, 15) is 19.1 Å². The third kappa shape index (κ3) is 5.19. The average molecular weight is 316 g/mol. The zero-order chi connectivity index (χ0) is 16.8. The Kier molecular flexibility index (Phi) is 5.43. The molecule has 0 fully saturated rings. The summed E-state index contributed by atoms with van der Waals surface area (Å²) in [4.78, 5) is 22.8. The van der Waals surface area contributed by atoms with Crippen LogP contribution < -0.4 is 10.6 Å². The molecule has 3 N–H and O–H groups in total. The van der Waals surface area contributed by atoms with Gasteiger partial charge in [0.15, 0.2) is 0 Å². The summed E-state index contributed by atoms with van der Waals surface area (Å²) in [5.41, 5.74) is 1.51. The van der Waals surface area contributed by atoms with Crippen LogP contribution >= 0.6 is 0 Å². The lowest BCUT2D eigenvalue weighted by atomic mass is 10.1. The summed E-state index contributed by atoms with van der Waals surface area (Å²) >= 11 is 0. The normalized spacial score (nSPS) is 11.6. The molecule has 1 atom stereocenters. The third-order valence-corrected chi connectivity index (χ3v) is 3.10. The lowest BCUT2D eigenvalue weighted by molar-refractivity contribution is -0.118. The summed E-state index contributed by atoms with van der Waals surface area (Å²) in [5.74, 6) is -1.04. The topological polar surface area (TPSA) is 78.4 Å². The van der Waals surface area contributed by atoms with Crippen molar-refractivity contribution in [2.45, 2.75) is 19.4 Å². The molecule has 0 aliphatic rings. The van der Waals surface area contributed by atoms with Crippen LogP contribution in [0.3, 0.4) is 0 Å². The summed E-state index contributed by atoms with van der Waals surface area (Å²) in [7, 11) is 0. The van der Waals surface area contributed by atoms with Crippen molar-refractivity contribution in [2.75, 3.05) is 10.6 Å². The first kappa shape index (κ1) is 16.6. The molecular weight excluding hydrogens is 299 g/mol. The first-order valence-corrected chi connectivity index (χ1v) is 7.05. The van der Waals surface area contributed by atoms with E-state index in [1.54, 1.807) is 30.3 Å². The minimum atomic E-state index is -1.08. The minimum absolute atomic E-state index is 0.181. The number of amides is 2. The molecule has 23 heavy (non-hydrogen) atoms. The van der Waals surface area contributed by atoms with E-state index in [4.69, 9.17) is 0 Å². The molecule has 5 nitrogen and oxygen atoms in total. The first-order chi connectivity index (χ1) is 10.9. The second-order valence-corrected chi connectivity index (χ2v) is 5.08. The summed E-state index contributed by atoms with van der Waals surface area (Å²) in [6.07, 6.45) is -1.26. The van der Waals surface area contributed by atoms with Crippen molar-refractivity contribution in [1.82, 2.24) is 0 Å². The highest BCUT2D eigenvalue weighted by Crippen LogP contribution is 2.19. The summed E-state index contributed by atoms with van der Waals surface area (Å²) in [5, 5.41) is 15.2. The van der Waals surface area contributed by atoms with E-state index in [-0.39, 0.29) is 12.3 Å². The number of aliphatic hydroxyl groups excluding tert-OH is 1. The highest BCUT2D eigenvalue weighted by Gasteiger charge is 2.13. The van der Waals surface area contributed by atoms with Crippen molar-refractivity contribution in [2.24, 2.45) is 0 Å². The lowest BCUT2D eigenvalue weighted by Gasteiger charge is -2.12. The number of hydrogen-bond donors (Lipinski definition) is 3. The van der Waals surface area contributed by atoms with Gasteiger partial charge < -0.3 is 15.7 Å². The van der Waals surface area contributed by atoms with Crippen LogP contribution in [0.4, 0.5) is 15.8 Å². The summed E-state index contributed by atoms with van der Waals surface area (Å²) < 4.78 is 13.1. The number of benzene rings is 2. The molecule has 0 aliphatic carbocycles.